The molecule has 3 heteroatoms. The molecule has 0 unspecified atom stereocenters. The molecule has 14 heavy (non-hydrogen) atoms. The van der Waals surface area contributed by atoms with Gasteiger partial charge in [-0.2, -0.15) is 0 Å². The Bertz CT molecular complexity index is 621. The summed E-state index contributed by atoms with van der Waals surface area (Å²) in [6.45, 7) is 7.98. The molecule has 0 saturated carbocycles. The highest BCUT2D eigenvalue weighted by molar-refractivity contribution is 7.13. The van der Waals surface area contributed by atoms with Gasteiger partial charge in [0.05, 0.1) is 16.2 Å². The Balaban J connectivity index is 3.00. The molecule has 0 fully saturated rings. The van der Waals surface area contributed by atoms with E-state index in [0.29, 0.717) is 0 Å². The van der Waals surface area contributed by atoms with Crippen molar-refractivity contribution in [2.75, 3.05) is 7.11 Å². The van der Waals surface area contributed by atoms with Gasteiger partial charge in [-0.3, -0.25) is 0 Å². The van der Waals surface area contributed by atoms with Crippen LogP contribution in [0.15, 0.2) is 17.5 Å². The fraction of sp³-hybridized carbons (Fsp3) is 0.0909. The number of ether oxygens (including phenoxy) is 1. The van der Waals surface area contributed by atoms with Gasteiger partial charge in [0.25, 0.3) is 0 Å². The molecule has 0 aliphatic carbocycles. The molecule has 0 radical (unpaired) electrons. The molecular formula is C11H10OS2. The summed E-state index contributed by atoms with van der Waals surface area (Å²) in [4.78, 5) is 0. The first-order valence-electron chi connectivity index (χ1n) is 4.12. The fourth-order valence-electron chi connectivity index (χ4n) is 1.23. The van der Waals surface area contributed by atoms with Crippen LogP contribution in [0.4, 0.5) is 0 Å². The zero-order valence-corrected chi connectivity index (χ0v) is 9.50. The molecule has 0 bridgehead atoms. The van der Waals surface area contributed by atoms with Gasteiger partial charge in [0.15, 0.2) is 5.06 Å². The third-order valence-corrected chi connectivity index (χ3v) is 4.20. The number of thiophene rings is 2. The van der Waals surface area contributed by atoms with Gasteiger partial charge in [0.1, 0.15) is 0 Å². The predicted octanol–water partition coefficient (Wildman–Crippen LogP) is 1.93. The lowest BCUT2D eigenvalue weighted by Gasteiger charge is -1.86. The first kappa shape index (κ1) is 9.49. The van der Waals surface area contributed by atoms with E-state index in [4.69, 9.17) is 4.74 Å². The fourth-order valence-corrected chi connectivity index (χ4v) is 3.23. The second-order valence-corrected chi connectivity index (χ2v) is 4.83. The number of hydrogen-bond donors (Lipinski definition) is 0. The van der Waals surface area contributed by atoms with Crippen LogP contribution in [0, 0.1) is 9.06 Å². The van der Waals surface area contributed by atoms with Crippen molar-refractivity contribution in [3.63, 3.8) is 0 Å². The maximum absolute atomic E-state index is 5.18. The van der Waals surface area contributed by atoms with E-state index >= 15 is 0 Å². The second kappa shape index (κ2) is 3.59. The van der Waals surface area contributed by atoms with Crippen LogP contribution in [-0.4, -0.2) is 7.11 Å². The summed E-state index contributed by atoms with van der Waals surface area (Å²) in [5.41, 5.74) is 0. The van der Waals surface area contributed by atoms with E-state index in [1.165, 1.54) is 9.06 Å². The number of rotatable bonds is 1. The van der Waals surface area contributed by atoms with Crippen molar-refractivity contribution in [3.05, 3.63) is 37.0 Å². The SMILES string of the molecule is C=c1ccs/c1=c1\sc(OC)cc1=C. The Hall–Kier alpha value is -1.06. The van der Waals surface area contributed by atoms with Crippen LogP contribution >= 0.6 is 22.7 Å². The van der Waals surface area contributed by atoms with Gasteiger partial charge in [-0.15, -0.1) is 11.3 Å². The van der Waals surface area contributed by atoms with Crippen molar-refractivity contribution in [3.8, 4) is 5.06 Å². The Labute approximate surface area is 89.9 Å². The van der Waals surface area contributed by atoms with Crippen LogP contribution in [-0.2, 0) is 0 Å². The molecule has 2 aromatic rings. The molecule has 2 aromatic heterocycles. The number of hydrogen-bond acceptors (Lipinski definition) is 3. The molecule has 0 spiro atoms. The predicted molar refractivity (Wildman–Crippen MR) is 63.2 cm³/mol. The van der Waals surface area contributed by atoms with E-state index in [-0.39, 0.29) is 0 Å². The lowest BCUT2D eigenvalue weighted by molar-refractivity contribution is 0.427. The van der Waals surface area contributed by atoms with Crippen molar-refractivity contribution in [1.82, 2.24) is 0 Å². The Morgan fingerprint density at radius 2 is 2.00 bits per heavy atom. The summed E-state index contributed by atoms with van der Waals surface area (Å²) >= 11 is 3.31. The Morgan fingerprint density at radius 3 is 2.50 bits per heavy atom. The van der Waals surface area contributed by atoms with Crippen LogP contribution in [0.3, 0.4) is 0 Å². The zero-order chi connectivity index (χ0) is 10.1. The molecule has 0 saturated heterocycles. The Kier molecular flexibility index (Phi) is 2.44. The monoisotopic (exact) mass is 222 g/mol. The standard InChI is InChI=1S/C11H10OS2/c1-7-4-5-13-10(7)11-8(2)6-9(12-3)14-11/h4-6H,1-2H2,3H3/b11-10-. The average Bonchev–Trinajstić information content (AvgIpc) is 2.72. The van der Waals surface area contributed by atoms with E-state index in [9.17, 15) is 0 Å². The van der Waals surface area contributed by atoms with Crippen molar-refractivity contribution in [1.29, 1.82) is 0 Å². The maximum atomic E-state index is 5.18. The van der Waals surface area contributed by atoms with Gasteiger partial charge in [0.2, 0.25) is 0 Å². The highest BCUT2D eigenvalue weighted by Gasteiger charge is 1.97. The summed E-state index contributed by atoms with van der Waals surface area (Å²) in [5.74, 6) is 0. The van der Waals surface area contributed by atoms with Crippen LogP contribution < -0.4 is 15.2 Å². The van der Waals surface area contributed by atoms with Crippen LogP contribution in [0.25, 0.3) is 13.2 Å². The molecule has 2 rings (SSSR count). The lowest BCUT2D eigenvalue weighted by Crippen LogP contribution is -1.98. The van der Waals surface area contributed by atoms with Gasteiger partial charge in [-0.25, -0.2) is 0 Å². The van der Waals surface area contributed by atoms with E-state index < -0.39 is 0 Å². The second-order valence-electron chi connectivity index (χ2n) is 2.90. The van der Waals surface area contributed by atoms with E-state index in [0.717, 1.165) is 15.5 Å². The molecule has 0 aliphatic heterocycles. The first-order valence-corrected chi connectivity index (χ1v) is 5.81. The summed E-state index contributed by atoms with van der Waals surface area (Å²) in [6, 6.07) is 3.98. The van der Waals surface area contributed by atoms with E-state index in [2.05, 4.69) is 13.2 Å². The maximum Gasteiger partial charge on any atom is 0.174 e. The third kappa shape index (κ3) is 1.49. The molecule has 72 valence electrons. The van der Waals surface area contributed by atoms with Gasteiger partial charge < -0.3 is 4.74 Å². The minimum Gasteiger partial charge on any atom is -0.487 e. The highest BCUT2D eigenvalue weighted by atomic mass is 32.1. The van der Waals surface area contributed by atoms with Gasteiger partial charge in [-0.1, -0.05) is 24.5 Å². The molecule has 2 heterocycles. The van der Waals surface area contributed by atoms with Crippen LogP contribution in [0.5, 0.6) is 5.06 Å². The van der Waals surface area contributed by atoms with Gasteiger partial charge in [-0.05, 0) is 28.0 Å². The largest absolute Gasteiger partial charge is 0.487 e. The summed E-state index contributed by atoms with van der Waals surface area (Å²) in [7, 11) is 1.68. The zero-order valence-electron chi connectivity index (χ0n) is 7.87. The minimum absolute atomic E-state index is 0.901. The summed E-state index contributed by atoms with van der Waals surface area (Å²) in [6.07, 6.45) is 0. The van der Waals surface area contributed by atoms with Crippen LogP contribution in [0.1, 0.15) is 0 Å². The minimum atomic E-state index is 0.901. The molecule has 1 nitrogen and oxygen atoms in total. The quantitative estimate of drug-likeness (QED) is 0.716. The molecule has 0 N–H and O–H groups in total. The smallest absolute Gasteiger partial charge is 0.174 e. The Morgan fingerprint density at radius 1 is 1.21 bits per heavy atom. The van der Waals surface area contributed by atoms with Crippen LogP contribution in [0.2, 0.25) is 0 Å². The van der Waals surface area contributed by atoms with Crippen molar-refractivity contribution in [2.45, 2.75) is 0 Å². The lowest BCUT2D eigenvalue weighted by atomic mass is 10.4. The molecule has 0 atom stereocenters. The molecule has 0 aliphatic rings. The van der Waals surface area contributed by atoms with Crippen molar-refractivity contribution >= 4 is 35.8 Å². The molecular weight excluding hydrogens is 212 g/mol. The summed E-state index contributed by atoms with van der Waals surface area (Å²) < 4.78 is 7.54. The van der Waals surface area contributed by atoms with Crippen molar-refractivity contribution < 1.29 is 4.74 Å². The van der Waals surface area contributed by atoms with Gasteiger partial charge >= 0.3 is 0 Å². The molecule has 0 aromatic carbocycles. The van der Waals surface area contributed by atoms with Gasteiger partial charge in [0, 0.05) is 0 Å². The third-order valence-electron chi connectivity index (χ3n) is 1.94. The molecule has 0 amide bonds. The summed E-state index contributed by atoms with van der Waals surface area (Å²) in [5, 5.41) is 5.02. The normalized spacial score (nSPS) is 12.9. The van der Waals surface area contributed by atoms with Crippen molar-refractivity contribution in [2.24, 2.45) is 0 Å². The average molecular weight is 222 g/mol. The number of methoxy groups -OCH3 is 1. The first-order chi connectivity index (χ1) is 6.72. The topological polar surface area (TPSA) is 9.23 Å². The van der Waals surface area contributed by atoms with E-state index in [1.54, 1.807) is 29.8 Å². The van der Waals surface area contributed by atoms with E-state index in [1.807, 2.05) is 17.5 Å². The highest BCUT2D eigenvalue weighted by Crippen LogP contribution is 2.16.